The Morgan fingerprint density at radius 1 is 1.11 bits per heavy atom. The Hall–Kier alpha value is -2.10. The molecule has 0 radical (unpaired) electrons. The first-order valence-electron chi connectivity index (χ1n) is 9.10. The first kappa shape index (κ1) is 23.9. The van der Waals surface area contributed by atoms with E-state index < -0.39 is 0 Å². The highest BCUT2D eigenvalue weighted by Gasteiger charge is 2.19. The van der Waals surface area contributed by atoms with Crippen LogP contribution in [0.15, 0.2) is 39.9 Å². The molecule has 0 saturated heterocycles. The summed E-state index contributed by atoms with van der Waals surface area (Å²) in [6.45, 7) is 9.82. The molecule has 3 N–H and O–H groups in total. The third-order valence-electron chi connectivity index (χ3n) is 3.94. The van der Waals surface area contributed by atoms with Crippen LogP contribution in [-0.2, 0) is 18.5 Å². The van der Waals surface area contributed by atoms with E-state index in [0.717, 1.165) is 11.3 Å². The molecular weight excluding hydrogens is 469 g/mol. The summed E-state index contributed by atoms with van der Waals surface area (Å²) in [5.41, 5.74) is 1.64. The maximum atomic E-state index is 11.8. The zero-order valence-corrected chi connectivity index (χ0v) is 19.5. The van der Waals surface area contributed by atoms with E-state index in [9.17, 15) is 4.79 Å². The lowest BCUT2D eigenvalue weighted by molar-refractivity contribution is 0.0956. The highest BCUT2D eigenvalue weighted by Crippen LogP contribution is 2.22. The van der Waals surface area contributed by atoms with Gasteiger partial charge in [-0.1, -0.05) is 32.9 Å². The normalized spacial score (nSPS) is 11.5. The summed E-state index contributed by atoms with van der Waals surface area (Å²) in [6, 6.07) is 7.49. The number of aromatic nitrogens is 1. The van der Waals surface area contributed by atoms with Gasteiger partial charge >= 0.3 is 0 Å². The molecule has 0 bridgehead atoms. The molecule has 0 spiro atoms. The number of amides is 1. The minimum atomic E-state index is -0.0641. The fourth-order valence-corrected chi connectivity index (χ4v) is 2.34. The quantitative estimate of drug-likeness (QED) is 0.323. The second kappa shape index (κ2) is 11.0. The van der Waals surface area contributed by atoms with Gasteiger partial charge in [0.25, 0.3) is 5.91 Å². The van der Waals surface area contributed by atoms with Gasteiger partial charge in [-0.05, 0) is 24.6 Å². The number of rotatable bonds is 6. The molecule has 1 aromatic carbocycles. The largest absolute Gasteiger partial charge is 0.443 e. The zero-order chi connectivity index (χ0) is 19.9. The molecule has 1 amide bonds. The van der Waals surface area contributed by atoms with Crippen LogP contribution in [0.3, 0.4) is 0 Å². The maximum absolute atomic E-state index is 11.8. The SMILES string of the molecule is CCNC(=O)c1ccc(CNC(=NC)NCc2ncc(C(C)(C)C)o2)cc1.I. The van der Waals surface area contributed by atoms with Crippen molar-refractivity contribution in [1.82, 2.24) is 20.9 Å². The third-order valence-corrected chi connectivity index (χ3v) is 3.94. The van der Waals surface area contributed by atoms with Gasteiger partial charge < -0.3 is 20.4 Å². The Morgan fingerprint density at radius 2 is 1.75 bits per heavy atom. The van der Waals surface area contributed by atoms with E-state index in [1.165, 1.54) is 0 Å². The Balaban J connectivity index is 0.00000392. The second-order valence-corrected chi connectivity index (χ2v) is 7.20. The molecule has 7 nitrogen and oxygen atoms in total. The summed E-state index contributed by atoms with van der Waals surface area (Å²) >= 11 is 0. The number of oxazole rings is 1. The van der Waals surface area contributed by atoms with Crippen LogP contribution in [0.2, 0.25) is 0 Å². The number of carbonyl (C=O) groups is 1. The van der Waals surface area contributed by atoms with Gasteiger partial charge in [-0.2, -0.15) is 0 Å². The van der Waals surface area contributed by atoms with Crippen molar-refractivity contribution in [3.05, 3.63) is 53.2 Å². The molecule has 0 fully saturated rings. The Morgan fingerprint density at radius 3 is 2.29 bits per heavy atom. The second-order valence-electron chi connectivity index (χ2n) is 7.20. The van der Waals surface area contributed by atoms with E-state index >= 15 is 0 Å². The fraction of sp³-hybridized carbons (Fsp3) is 0.450. The van der Waals surface area contributed by atoms with E-state index in [1.807, 2.05) is 31.2 Å². The van der Waals surface area contributed by atoms with Gasteiger partial charge in [-0.25, -0.2) is 4.98 Å². The predicted molar refractivity (Wildman–Crippen MR) is 122 cm³/mol. The van der Waals surface area contributed by atoms with Gasteiger partial charge in [0, 0.05) is 31.1 Å². The topological polar surface area (TPSA) is 91.5 Å². The smallest absolute Gasteiger partial charge is 0.251 e. The van der Waals surface area contributed by atoms with E-state index in [2.05, 4.69) is 46.7 Å². The number of hydrogen-bond acceptors (Lipinski definition) is 4. The minimum absolute atomic E-state index is 0. The van der Waals surface area contributed by atoms with Crippen LogP contribution in [0.4, 0.5) is 0 Å². The van der Waals surface area contributed by atoms with Crippen molar-refractivity contribution in [2.45, 2.75) is 46.2 Å². The van der Waals surface area contributed by atoms with Crippen LogP contribution < -0.4 is 16.0 Å². The molecule has 2 rings (SSSR count). The molecule has 28 heavy (non-hydrogen) atoms. The highest BCUT2D eigenvalue weighted by molar-refractivity contribution is 14.0. The number of halogens is 1. The average molecular weight is 499 g/mol. The number of benzene rings is 1. The average Bonchev–Trinajstić information content (AvgIpc) is 3.12. The van der Waals surface area contributed by atoms with Crippen molar-refractivity contribution in [2.75, 3.05) is 13.6 Å². The zero-order valence-electron chi connectivity index (χ0n) is 17.1. The molecule has 1 aromatic heterocycles. The van der Waals surface area contributed by atoms with Crippen molar-refractivity contribution >= 4 is 35.8 Å². The molecule has 0 atom stereocenters. The number of hydrogen-bond donors (Lipinski definition) is 3. The maximum Gasteiger partial charge on any atom is 0.251 e. The van der Waals surface area contributed by atoms with E-state index in [-0.39, 0.29) is 35.3 Å². The summed E-state index contributed by atoms with van der Waals surface area (Å²) in [6.07, 6.45) is 1.77. The molecule has 0 aliphatic rings. The Bertz CT molecular complexity index is 779. The molecule has 0 saturated carbocycles. The van der Waals surface area contributed by atoms with Gasteiger partial charge in [0.1, 0.15) is 5.76 Å². The van der Waals surface area contributed by atoms with Gasteiger partial charge in [0.2, 0.25) is 5.89 Å². The monoisotopic (exact) mass is 499 g/mol. The van der Waals surface area contributed by atoms with Crippen molar-refractivity contribution in [2.24, 2.45) is 4.99 Å². The number of nitrogens with zero attached hydrogens (tertiary/aromatic N) is 2. The van der Waals surface area contributed by atoms with Crippen LogP contribution in [0, 0.1) is 0 Å². The van der Waals surface area contributed by atoms with Crippen molar-refractivity contribution in [3.63, 3.8) is 0 Å². The lowest BCUT2D eigenvalue weighted by Gasteiger charge is -2.13. The van der Waals surface area contributed by atoms with Crippen LogP contribution in [0.25, 0.3) is 0 Å². The van der Waals surface area contributed by atoms with Crippen molar-refractivity contribution < 1.29 is 9.21 Å². The molecule has 1 heterocycles. The van der Waals surface area contributed by atoms with Crippen molar-refractivity contribution in [1.29, 1.82) is 0 Å². The predicted octanol–water partition coefficient (Wildman–Crippen LogP) is 3.21. The minimum Gasteiger partial charge on any atom is -0.443 e. The summed E-state index contributed by atoms with van der Waals surface area (Å²) in [4.78, 5) is 20.3. The molecule has 8 heteroatoms. The molecule has 0 aliphatic heterocycles. The fourth-order valence-electron chi connectivity index (χ4n) is 2.34. The molecule has 0 aliphatic carbocycles. The molecule has 154 valence electrons. The van der Waals surface area contributed by atoms with E-state index in [4.69, 9.17) is 4.42 Å². The van der Waals surface area contributed by atoms with Crippen LogP contribution in [0.1, 0.15) is 55.3 Å². The van der Waals surface area contributed by atoms with Gasteiger partial charge in [-0.3, -0.25) is 9.79 Å². The molecule has 2 aromatic rings. The molecular formula is C20H30IN5O2. The lowest BCUT2D eigenvalue weighted by atomic mass is 9.94. The first-order valence-corrected chi connectivity index (χ1v) is 9.10. The number of aliphatic imine (C=N–C) groups is 1. The number of nitrogens with one attached hydrogen (secondary N) is 3. The summed E-state index contributed by atoms with van der Waals surface area (Å²) in [5.74, 6) is 2.07. The first-order chi connectivity index (χ1) is 12.8. The summed E-state index contributed by atoms with van der Waals surface area (Å²) < 4.78 is 5.77. The summed E-state index contributed by atoms with van der Waals surface area (Å²) in [7, 11) is 1.71. The van der Waals surface area contributed by atoms with Crippen LogP contribution >= 0.6 is 24.0 Å². The standard InChI is InChI=1S/C20H29N5O2.HI/c1-6-22-18(26)15-9-7-14(8-10-15)11-24-19(21-5)25-13-17-23-12-16(27-17)20(2,3)4;/h7-10,12H,6,11,13H2,1-5H3,(H,22,26)(H2,21,24,25);1H. The number of guanidine groups is 1. The highest BCUT2D eigenvalue weighted by atomic mass is 127. The van der Waals surface area contributed by atoms with Crippen LogP contribution in [-0.4, -0.2) is 30.4 Å². The third kappa shape index (κ3) is 7.14. The van der Waals surface area contributed by atoms with E-state index in [1.54, 1.807) is 13.2 Å². The van der Waals surface area contributed by atoms with Gasteiger partial charge in [0.15, 0.2) is 5.96 Å². The van der Waals surface area contributed by atoms with Crippen LogP contribution in [0.5, 0.6) is 0 Å². The van der Waals surface area contributed by atoms with Crippen molar-refractivity contribution in [3.8, 4) is 0 Å². The lowest BCUT2D eigenvalue weighted by Crippen LogP contribution is -2.36. The van der Waals surface area contributed by atoms with Gasteiger partial charge in [-0.15, -0.1) is 24.0 Å². The molecule has 0 unspecified atom stereocenters. The Kier molecular flexibility index (Phi) is 9.44. The van der Waals surface area contributed by atoms with Gasteiger partial charge in [0.05, 0.1) is 12.7 Å². The van der Waals surface area contributed by atoms with E-state index in [0.29, 0.717) is 37.0 Å². The Labute approximate surface area is 183 Å². The summed E-state index contributed by atoms with van der Waals surface area (Å²) in [5, 5.41) is 9.21. The number of carbonyl (C=O) groups excluding carboxylic acids is 1.